The van der Waals surface area contributed by atoms with Gasteiger partial charge in [0, 0.05) is 11.1 Å². The standard InChI is InChI=1S/C13H9Cl2F/c1-8-5-6-12(16)10(7-8)9-3-2-4-11(14)13(9)15/h2-7H,1H3. The van der Waals surface area contributed by atoms with Gasteiger partial charge in [-0.05, 0) is 25.1 Å². The molecule has 0 atom stereocenters. The molecule has 0 amide bonds. The summed E-state index contributed by atoms with van der Waals surface area (Å²) in [4.78, 5) is 0. The van der Waals surface area contributed by atoms with E-state index in [9.17, 15) is 4.39 Å². The molecular weight excluding hydrogens is 246 g/mol. The first-order chi connectivity index (χ1) is 7.59. The summed E-state index contributed by atoms with van der Waals surface area (Å²) >= 11 is 12.0. The van der Waals surface area contributed by atoms with E-state index in [4.69, 9.17) is 23.2 Å². The van der Waals surface area contributed by atoms with Gasteiger partial charge in [0.25, 0.3) is 0 Å². The van der Waals surface area contributed by atoms with Crippen molar-refractivity contribution in [1.82, 2.24) is 0 Å². The Labute approximate surface area is 104 Å². The summed E-state index contributed by atoms with van der Waals surface area (Å²) in [5.41, 5.74) is 2.08. The Morgan fingerprint density at radius 1 is 1.00 bits per heavy atom. The minimum Gasteiger partial charge on any atom is -0.206 e. The topological polar surface area (TPSA) is 0 Å². The van der Waals surface area contributed by atoms with E-state index in [1.54, 1.807) is 30.3 Å². The second-order valence-corrected chi connectivity index (χ2v) is 4.37. The van der Waals surface area contributed by atoms with E-state index in [0.29, 0.717) is 21.2 Å². The molecule has 0 radical (unpaired) electrons. The molecule has 0 aliphatic rings. The molecule has 0 aromatic heterocycles. The third kappa shape index (κ3) is 2.06. The molecule has 0 aliphatic carbocycles. The van der Waals surface area contributed by atoms with Crippen molar-refractivity contribution >= 4 is 23.2 Å². The molecule has 2 aromatic rings. The predicted molar refractivity (Wildman–Crippen MR) is 66.6 cm³/mol. The van der Waals surface area contributed by atoms with Crippen LogP contribution in [-0.4, -0.2) is 0 Å². The molecule has 0 saturated carbocycles. The molecule has 3 heteroatoms. The van der Waals surface area contributed by atoms with Gasteiger partial charge in [0.15, 0.2) is 0 Å². The molecular formula is C13H9Cl2F. The number of benzene rings is 2. The first kappa shape index (κ1) is 11.4. The number of hydrogen-bond acceptors (Lipinski definition) is 0. The van der Waals surface area contributed by atoms with E-state index < -0.39 is 0 Å². The SMILES string of the molecule is Cc1ccc(F)c(-c2cccc(Cl)c2Cl)c1. The zero-order valence-corrected chi connectivity index (χ0v) is 10.1. The summed E-state index contributed by atoms with van der Waals surface area (Å²) in [6.45, 7) is 1.90. The minimum absolute atomic E-state index is 0.297. The van der Waals surface area contributed by atoms with Crippen molar-refractivity contribution in [2.24, 2.45) is 0 Å². The van der Waals surface area contributed by atoms with Crippen molar-refractivity contribution < 1.29 is 4.39 Å². The van der Waals surface area contributed by atoms with Crippen LogP contribution in [0.15, 0.2) is 36.4 Å². The third-order valence-corrected chi connectivity index (χ3v) is 3.18. The third-order valence-electron chi connectivity index (χ3n) is 2.36. The highest BCUT2D eigenvalue weighted by molar-refractivity contribution is 6.43. The number of aryl methyl sites for hydroxylation is 1. The summed E-state index contributed by atoms with van der Waals surface area (Å²) < 4.78 is 13.7. The van der Waals surface area contributed by atoms with Gasteiger partial charge < -0.3 is 0 Å². The van der Waals surface area contributed by atoms with E-state index in [2.05, 4.69) is 0 Å². The minimum atomic E-state index is -0.297. The fourth-order valence-electron chi connectivity index (χ4n) is 1.56. The van der Waals surface area contributed by atoms with Gasteiger partial charge in [-0.3, -0.25) is 0 Å². The van der Waals surface area contributed by atoms with Crippen LogP contribution in [0.1, 0.15) is 5.56 Å². The summed E-state index contributed by atoms with van der Waals surface area (Å²) in [5.74, 6) is -0.297. The molecule has 0 N–H and O–H groups in total. The lowest BCUT2D eigenvalue weighted by molar-refractivity contribution is 0.631. The molecule has 0 unspecified atom stereocenters. The maximum absolute atomic E-state index is 13.7. The Hall–Kier alpha value is -1.05. The Bertz CT molecular complexity index is 535. The van der Waals surface area contributed by atoms with Crippen LogP contribution in [0.2, 0.25) is 10.0 Å². The molecule has 0 bridgehead atoms. The normalized spacial score (nSPS) is 10.5. The maximum Gasteiger partial charge on any atom is 0.131 e. The maximum atomic E-state index is 13.7. The second-order valence-electron chi connectivity index (χ2n) is 3.58. The molecule has 0 spiro atoms. The second kappa shape index (κ2) is 4.44. The van der Waals surface area contributed by atoms with Crippen molar-refractivity contribution in [2.45, 2.75) is 6.92 Å². The molecule has 2 rings (SSSR count). The van der Waals surface area contributed by atoms with E-state index in [-0.39, 0.29) is 5.82 Å². The van der Waals surface area contributed by atoms with E-state index in [1.165, 1.54) is 6.07 Å². The Morgan fingerprint density at radius 2 is 1.75 bits per heavy atom. The van der Waals surface area contributed by atoms with Crippen LogP contribution in [-0.2, 0) is 0 Å². The van der Waals surface area contributed by atoms with Crippen LogP contribution in [0.4, 0.5) is 4.39 Å². The van der Waals surface area contributed by atoms with Crippen LogP contribution < -0.4 is 0 Å². The van der Waals surface area contributed by atoms with Crippen molar-refractivity contribution in [3.05, 3.63) is 57.8 Å². The van der Waals surface area contributed by atoms with Crippen molar-refractivity contribution in [3.8, 4) is 11.1 Å². The molecule has 0 heterocycles. The van der Waals surface area contributed by atoms with Crippen LogP contribution in [0, 0.1) is 12.7 Å². The lowest BCUT2D eigenvalue weighted by Crippen LogP contribution is -1.87. The quantitative estimate of drug-likeness (QED) is 0.664. The lowest BCUT2D eigenvalue weighted by Gasteiger charge is -2.08. The van der Waals surface area contributed by atoms with Crippen molar-refractivity contribution in [2.75, 3.05) is 0 Å². The summed E-state index contributed by atoms with van der Waals surface area (Å²) in [6, 6.07) is 10.1. The van der Waals surface area contributed by atoms with Gasteiger partial charge >= 0.3 is 0 Å². The van der Waals surface area contributed by atoms with Crippen molar-refractivity contribution in [3.63, 3.8) is 0 Å². The molecule has 0 fully saturated rings. The molecule has 2 aromatic carbocycles. The number of halogens is 3. The van der Waals surface area contributed by atoms with Gasteiger partial charge in [-0.25, -0.2) is 4.39 Å². The molecule has 0 saturated heterocycles. The van der Waals surface area contributed by atoms with Gasteiger partial charge in [-0.1, -0.05) is 47.0 Å². The van der Waals surface area contributed by atoms with Crippen molar-refractivity contribution in [1.29, 1.82) is 0 Å². The first-order valence-corrected chi connectivity index (χ1v) is 5.55. The van der Waals surface area contributed by atoms with Gasteiger partial charge in [-0.2, -0.15) is 0 Å². The molecule has 0 nitrogen and oxygen atoms in total. The number of hydrogen-bond donors (Lipinski definition) is 0. The highest BCUT2D eigenvalue weighted by atomic mass is 35.5. The van der Waals surface area contributed by atoms with E-state index >= 15 is 0 Å². The Morgan fingerprint density at radius 3 is 2.50 bits per heavy atom. The zero-order valence-electron chi connectivity index (χ0n) is 8.60. The largest absolute Gasteiger partial charge is 0.206 e. The molecule has 82 valence electrons. The van der Waals surface area contributed by atoms with Gasteiger partial charge in [0.1, 0.15) is 5.82 Å². The zero-order chi connectivity index (χ0) is 11.7. The van der Waals surface area contributed by atoms with Crippen LogP contribution in [0.5, 0.6) is 0 Å². The highest BCUT2D eigenvalue weighted by Gasteiger charge is 2.10. The average molecular weight is 255 g/mol. The van der Waals surface area contributed by atoms with Gasteiger partial charge in [0.05, 0.1) is 10.0 Å². The van der Waals surface area contributed by atoms with E-state index in [0.717, 1.165) is 5.56 Å². The predicted octanol–water partition coefficient (Wildman–Crippen LogP) is 5.11. The van der Waals surface area contributed by atoms with Gasteiger partial charge in [0.2, 0.25) is 0 Å². The molecule has 16 heavy (non-hydrogen) atoms. The van der Waals surface area contributed by atoms with Crippen LogP contribution in [0.3, 0.4) is 0 Å². The summed E-state index contributed by atoms with van der Waals surface area (Å²) in [5, 5.41) is 0.814. The smallest absolute Gasteiger partial charge is 0.131 e. The summed E-state index contributed by atoms with van der Waals surface area (Å²) in [6.07, 6.45) is 0. The summed E-state index contributed by atoms with van der Waals surface area (Å²) in [7, 11) is 0. The van der Waals surface area contributed by atoms with Crippen LogP contribution in [0.25, 0.3) is 11.1 Å². The highest BCUT2D eigenvalue weighted by Crippen LogP contribution is 2.34. The fourth-order valence-corrected chi connectivity index (χ4v) is 1.96. The lowest BCUT2D eigenvalue weighted by atomic mass is 10.0. The van der Waals surface area contributed by atoms with Gasteiger partial charge in [-0.15, -0.1) is 0 Å². The molecule has 0 aliphatic heterocycles. The Balaban J connectivity index is 2.67. The van der Waals surface area contributed by atoms with Crippen LogP contribution >= 0.6 is 23.2 Å². The fraction of sp³-hybridized carbons (Fsp3) is 0.0769. The van der Waals surface area contributed by atoms with E-state index in [1.807, 2.05) is 6.92 Å². The average Bonchev–Trinajstić information content (AvgIpc) is 2.26. The monoisotopic (exact) mass is 254 g/mol. The Kier molecular flexibility index (Phi) is 3.17. The first-order valence-electron chi connectivity index (χ1n) is 4.80. The number of rotatable bonds is 1.